The molecule has 0 fully saturated rings. The molecule has 0 unspecified atom stereocenters. The minimum absolute atomic E-state index is 0.00686. The van der Waals surface area contributed by atoms with Gasteiger partial charge >= 0.3 is 0 Å². The van der Waals surface area contributed by atoms with Crippen LogP contribution < -0.4 is 4.90 Å². The Morgan fingerprint density at radius 2 is 0.776 bits per heavy atom. The molecule has 0 heterocycles. The highest BCUT2D eigenvalue weighted by Gasteiger charge is 2.40. The van der Waals surface area contributed by atoms with Crippen LogP contribution in [0, 0.1) is 0 Å². The second kappa shape index (κ2) is 15.6. The van der Waals surface area contributed by atoms with Gasteiger partial charge in [-0.1, -0.05) is 217 Å². The molecule has 336 valence electrons. The SMILES string of the molecule is CC(C)(C)c1ccc(-c2cc(-c3cc(C(C)(C)C)cc(C(C)(C)C)c3)cc3c2C(C)(C)c2cc(N(c4ccc5c(c4)C(C)(C)c4ccccc4-5)c4ccccc4-c4ccccc4)ccc2-3)cc1. The maximum atomic E-state index is 2.52. The van der Waals surface area contributed by atoms with Crippen LogP contribution in [0.4, 0.5) is 17.1 Å². The van der Waals surface area contributed by atoms with Gasteiger partial charge in [0.15, 0.2) is 0 Å². The first-order chi connectivity index (χ1) is 31.6. The van der Waals surface area contributed by atoms with Crippen molar-refractivity contribution in [2.45, 2.75) is 117 Å². The van der Waals surface area contributed by atoms with Crippen LogP contribution >= 0.6 is 0 Å². The molecular formula is C66H67N. The van der Waals surface area contributed by atoms with Crippen molar-refractivity contribution in [3.8, 4) is 55.6 Å². The van der Waals surface area contributed by atoms with E-state index in [2.05, 4.69) is 265 Å². The summed E-state index contributed by atoms with van der Waals surface area (Å²) in [6.07, 6.45) is 0. The molecular weight excluding hydrogens is 807 g/mol. The molecule has 0 amide bonds. The molecule has 8 aromatic rings. The number of anilines is 3. The van der Waals surface area contributed by atoms with Crippen molar-refractivity contribution in [1.29, 1.82) is 0 Å². The van der Waals surface area contributed by atoms with Gasteiger partial charge in [0, 0.05) is 27.8 Å². The number of nitrogens with zero attached hydrogens (tertiary/aromatic N) is 1. The van der Waals surface area contributed by atoms with Crippen LogP contribution in [0.5, 0.6) is 0 Å². The van der Waals surface area contributed by atoms with Gasteiger partial charge in [-0.15, -0.1) is 0 Å². The van der Waals surface area contributed by atoms with Crippen molar-refractivity contribution in [3.05, 3.63) is 209 Å². The number of fused-ring (bicyclic) bond motifs is 6. The number of para-hydroxylation sites is 1. The summed E-state index contributed by atoms with van der Waals surface area (Å²) in [5.41, 5.74) is 25.5. The van der Waals surface area contributed by atoms with E-state index in [4.69, 9.17) is 0 Å². The third-order valence-electron chi connectivity index (χ3n) is 15.1. The van der Waals surface area contributed by atoms with Crippen molar-refractivity contribution in [3.63, 3.8) is 0 Å². The predicted octanol–water partition coefficient (Wildman–Crippen LogP) is 18.7. The molecule has 0 N–H and O–H groups in total. The summed E-state index contributed by atoms with van der Waals surface area (Å²) in [6, 6.07) is 65.0. The number of hydrogen-bond acceptors (Lipinski definition) is 1. The van der Waals surface area contributed by atoms with Crippen LogP contribution in [-0.2, 0) is 27.1 Å². The molecule has 1 nitrogen and oxygen atoms in total. The van der Waals surface area contributed by atoms with Gasteiger partial charge in [-0.2, -0.15) is 0 Å². The maximum Gasteiger partial charge on any atom is 0.0540 e. The summed E-state index contributed by atoms with van der Waals surface area (Å²) >= 11 is 0. The second-order valence-electron chi connectivity index (χ2n) is 23.5. The Labute approximate surface area is 401 Å². The second-order valence-corrected chi connectivity index (χ2v) is 23.5. The smallest absolute Gasteiger partial charge is 0.0540 e. The van der Waals surface area contributed by atoms with Crippen molar-refractivity contribution < 1.29 is 0 Å². The van der Waals surface area contributed by atoms with Crippen LogP contribution in [0.2, 0.25) is 0 Å². The summed E-state index contributed by atoms with van der Waals surface area (Å²) in [7, 11) is 0. The van der Waals surface area contributed by atoms with Gasteiger partial charge < -0.3 is 4.90 Å². The normalized spacial score (nSPS) is 14.6. The van der Waals surface area contributed by atoms with E-state index in [1.807, 2.05) is 0 Å². The van der Waals surface area contributed by atoms with Crippen molar-refractivity contribution in [2.24, 2.45) is 0 Å². The Morgan fingerprint density at radius 1 is 0.313 bits per heavy atom. The fourth-order valence-corrected chi connectivity index (χ4v) is 11.1. The van der Waals surface area contributed by atoms with Crippen LogP contribution in [0.1, 0.15) is 129 Å². The molecule has 8 aromatic carbocycles. The Morgan fingerprint density at radius 3 is 1.37 bits per heavy atom. The van der Waals surface area contributed by atoms with E-state index in [0.717, 1.165) is 17.1 Å². The van der Waals surface area contributed by atoms with Crippen molar-refractivity contribution in [2.75, 3.05) is 4.90 Å². The van der Waals surface area contributed by atoms with E-state index in [0.29, 0.717) is 0 Å². The van der Waals surface area contributed by atoms with Crippen LogP contribution in [-0.4, -0.2) is 0 Å². The number of rotatable bonds is 6. The first kappa shape index (κ1) is 44.4. The van der Waals surface area contributed by atoms with Gasteiger partial charge in [0.25, 0.3) is 0 Å². The molecule has 67 heavy (non-hydrogen) atoms. The standard InChI is InChI=1S/C66H67N/c1-62(2,3)46-29-27-43(28-30-46)55-37-45(44-35-47(63(4,5)6)39-48(36-44)64(7,8)9)38-56-54-34-32-50(41-59(54)66(12,13)61(55)56)67(60-26-20-18-23-51(60)42-21-15-14-16-22-42)49-31-33-53-52-24-17-19-25-57(52)65(10,11)58(53)40-49/h14-41H,1-13H3. The minimum atomic E-state index is -0.298. The first-order valence-electron chi connectivity index (χ1n) is 24.4. The van der Waals surface area contributed by atoms with Gasteiger partial charge in [0.2, 0.25) is 0 Å². The van der Waals surface area contributed by atoms with Gasteiger partial charge in [-0.05, 0) is 148 Å². The van der Waals surface area contributed by atoms with Gasteiger partial charge in [0.05, 0.1) is 5.69 Å². The highest BCUT2D eigenvalue weighted by Crippen LogP contribution is 2.56. The third-order valence-corrected chi connectivity index (χ3v) is 15.1. The van der Waals surface area contributed by atoms with E-state index >= 15 is 0 Å². The lowest BCUT2D eigenvalue weighted by molar-refractivity contribution is 0.569. The van der Waals surface area contributed by atoms with Crippen molar-refractivity contribution in [1.82, 2.24) is 0 Å². The van der Waals surface area contributed by atoms with E-state index in [1.165, 1.54) is 94.6 Å². The van der Waals surface area contributed by atoms with E-state index in [-0.39, 0.29) is 27.1 Å². The van der Waals surface area contributed by atoms with Gasteiger partial charge in [0.1, 0.15) is 0 Å². The molecule has 2 aliphatic rings. The fourth-order valence-electron chi connectivity index (χ4n) is 11.1. The highest BCUT2D eigenvalue weighted by atomic mass is 15.1. The van der Waals surface area contributed by atoms with E-state index in [1.54, 1.807) is 0 Å². The average molecular weight is 874 g/mol. The Hall–Kier alpha value is -6.44. The zero-order valence-electron chi connectivity index (χ0n) is 42.1. The molecule has 0 saturated heterocycles. The largest absolute Gasteiger partial charge is 0.310 e. The molecule has 0 atom stereocenters. The molecule has 0 aliphatic heterocycles. The summed E-state index contributed by atoms with van der Waals surface area (Å²) in [4.78, 5) is 2.52. The Balaban J connectivity index is 1.20. The zero-order valence-corrected chi connectivity index (χ0v) is 42.1. The lowest BCUT2D eigenvalue weighted by atomic mass is 9.76. The van der Waals surface area contributed by atoms with Crippen molar-refractivity contribution >= 4 is 17.1 Å². The quantitative estimate of drug-likeness (QED) is 0.161. The lowest BCUT2D eigenvalue weighted by Gasteiger charge is -2.31. The summed E-state index contributed by atoms with van der Waals surface area (Å²) < 4.78 is 0. The monoisotopic (exact) mass is 874 g/mol. The minimum Gasteiger partial charge on any atom is -0.310 e. The molecule has 0 bridgehead atoms. The van der Waals surface area contributed by atoms with Crippen LogP contribution in [0.3, 0.4) is 0 Å². The topological polar surface area (TPSA) is 3.24 Å². The molecule has 1 heteroatoms. The summed E-state index contributed by atoms with van der Waals surface area (Å²) in [5.74, 6) is 0. The van der Waals surface area contributed by atoms with Crippen LogP contribution in [0.25, 0.3) is 55.6 Å². The third kappa shape index (κ3) is 7.56. The average Bonchev–Trinajstić information content (AvgIpc) is 3.67. The summed E-state index contributed by atoms with van der Waals surface area (Å²) in [6.45, 7) is 30.6. The van der Waals surface area contributed by atoms with Gasteiger partial charge in [-0.25, -0.2) is 0 Å². The van der Waals surface area contributed by atoms with E-state index < -0.39 is 0 Å². The molecule has 0 spiro atoms. The maximum absolute atomic E-state index is 2.52. The Bertz CT molecular complexity index is 3180. The Kier molecular flexibility index (Phi) is 10.3. The molecule has 0 radical (unpaired) electrons. The zero-order chi connectivity index (χ0) is 47.4. The summed E-state index contributed by atoms with van der Waals surface area (Å²) in [5, 5.41) is 0. The number of hydrogen-bond donors (Lipinski definition) is 0. The fraction of sp³-hybridized carbons (Fsp3) is 0.273. The lowest BCUT2D eigenvalue weighted by Crippen LogP contribution is -2.19. The highest BCUT2D eigenvalue weighted by molar-refractivity contribution is 5.96. The molecule has 2 aliphatic carbocycles. The number of benzene rings is 8. The molecule has 0 saturated carbocycles. The predicted molar refractivity (Wildman–Crippen MR) is 289 cm³/mol. The van der Waals surface area contributed by atoms with E-state index in [9.17, 15) is 0 Å². The molecule has 0 aromatic heterocycles. The van der Waals surface area contributed by atoms with Gasteiger partial charge in [-0.3, -0.25) is 0 Å². The van der Waals surface area contributed by atoms with Crippen LogP contribution in [0.15, 0.2) is 170 Å². The molecule has 10 rings (SSSR count). The first-order valence-corrected chi connectivity index (χ1v) is 24.4.